The molecule has 3 rings (SSSR count). The fourth-order valence-corrected chi connectivity index (χ4v) is 4.66. The maximum absolute atomic E-state index is 12.2. The van der Waals surface area contributed by atoms with Gasteiger partial charge in [0, 0.05) is 64.2 Å². The first-order chi connectivity index (χ1) is 14.2. The third-order valence-electron chi connectivity index (χ3n) is 6.32. The minimum atomic E-state index is -0.457. The lowest BCUT2D eigenvalue weighted by atomic mass is 9.89. The van der Waals surface area contributed by atoms with E-state index >= 15 is 0 Å². The van der Waals surface area contributed by atoms with Crippen molar-refractivity contribution in [2.24, 2.45) is 0 Å². The van der Waals surface area contributed by atoms with Gasteiger partial charge in [-0.15, -0.1) is 0 Å². The van der Waals surface area contributed by atoms with E-state index in [0.29, 0.717) is 38.5 Å². The van der Waals surface area contributed by atoms with Crippen LogP contribution in [0.2, 0.25) is 0 Å². The van der Waals surface area contributed by atoms with Crippen LogP contribution in [0.4, 0.5) is 4.79 Å². The van der Waals surface area contributed by atoms with Crippen molar-refractivity contribution in [2.45, 2.75) is 83.4 Å². The highest BCUT2D eigenvalue weighted by atomic mass is 16.6. The molecule has 0 spiro atoms. The number of amides is 3. The van der Waals surface area contributed by atoms with Crippen molar-refractivity contribution in [2.75, 3.05) is 39.3 Å². The van der Waals surface area contributed by atoms with Gasteiger partial charge in [0.1, 0.15) is 5.60 Å². The van der Waals surface area contributed by atoms with Gasteiger partial charge in [-0.25, -0.2) is 4.79 Å². The third-order valence-corrected chi connectivity index (χ3v) is 6.32. The summed E-state index contributed by atoms with van der Waals surface area (Å²) in [5.74, 6) is 0.235. The zero-order valence-electron chi connectivity index (χ0n) is 18.8. The minimum Gasteiger partial charge on any atom is -0.444 e. The van der Waals surface area contributed by atoms with E-state index in [-0.39, 0.29) is 23.9 Å². The molecule has 8 nitrogen and oxygen atoms in total. The van der Waals surface area contributed by atoms with Gasteiger partial charge in [0.05, 0.1) is 0 Å². The first kappa shape index (κ1) is 22.8. The molecule has 0 aromatic rings. The first-order valence-corrected chi connectivity index (χ1v) is 11.5. The lowest BCUT2D eigenvalue weighted by Crippen LogP contribution is -2.54. The predicted molar refractivity (Wildman–Crippen MR) is 114 cm³/mol. The monoisotopic (exact) mass is 422 g/mol. The quantitative estimate of drug-likeness (QED) is 0.733. The molecule has 3 fully saturated rings. The Labute approximate surface area is 180 Å². The molecule has 3 aliphatic rings. The summed E-state index contributed by atoms with van der Waals surface area (Å²) >= 11 is 0. The van der Waals surface area contributed by atoms with E-state index < -0.39 is 5.60 Å². The van der Waals surface area contributed by atoms with Gasteiger partial charge >= 0.3 is 6.09 Å². The van der Waals surface area contributed by atoms with Crippen LogP contribution in [0.1, 0.15) is 65.7 Å². The van der Waals surface area contributed by atoms with Crippen LogP contribution >= 0.6 is 0 Å². The van der Waals surface area contributed by atoms with Crippen LogP contribution in [0.25, 0.3) is 0 Å². The van der Waals surface area contributed by atoms with Gasteiger partial charge in [-0.05, 0) is 52.9 Å². The number of nitrogens with one attached hydrogen (secondary N) is 1. The largest absolute Gasteiger partial charge is 0.444 e. The van der Waals surface area contributed by atoms with Crippen LogP contribution in [0.15, 0.2) is 0 Å². The van der Waals surface area contributed by atoms with Crippen molar-refractivity contribution in [3.8, 4) is 0 Å². The van der Waals surface area contributed by atoms with Crippen LogP contribution in [-0.4, -0.2) is 89.6 Å². The van der Waals surface area contributed by atoms with Gasteiger partial charge in [-0.3, -0.25) is 14.5 Å². The second-order valence-corrected chi connectivity index (χ2v) is 9.81. The Morgan fingerprint density at radius 1 is 1.03 bits per heavy atom. The highest BCUT2D eigenvalue weighted by molar-refractivity contribution is 5.80. The third kappa shape index (κ3) is 6.59. The number of hydrogen-bond donors (Lipinski definition) is 1. The standard InChI is InChI=1S/C22H38N4O4/c1-22(2,3)30-21(29)26-15-13-24(14-16-26)18-8-6-17(7-9-18)23-19(27)10-12-25-11-4-5-20(25)28/h17-18H,4-16H2,1-3H3,(H,23,27). The molecular formula is C22H38N4O4. The van der Waals surface area contributed by atoms with Gasteiger partial charge in [0.2, 0.25) is 11.8 Å². The molecule has 30 heavy (non-hydrogen) atoms. The number of likely N-dealkylation sites (tertiary alicyclic amines) is 1. The Morgan fingerprint density at radius 3 is 2.27 bits per heavy atom. The number of piperazine rings is 1. The second kappa shape index (κ2) is 9.98. The topological polar surface area (TPSA) is 82.2 Å². The summed E-state index contributed by atoms with van der Waals surface area (Å²) in [4.78, 5) is 42.2. The highest BCUT2D eigenvalue weighted by Gasteiger charge is 2.31. The predicted octanol–water partition coefficient (Wildman–Crippen LogP) is 1.98. The number of carbonyl (C=O) groups excluding carboxylic acids is 3. The Morgan fingerprint density at radius 2 is 1.70 bits per heavy atom. The maximum Gasteiger partial charge on any atom is 0.410 e. The van der Waals surface area contributed by atoms with E-state index in [4.69, 9.17) is 4.74 Å². The summed E-state index contributed by atoms with van der Waals surface area (Å²) in [6, 6.07) is 0.771. The summed E-state index contributed by atoms with van der Waals surface area (Å²) in [6.45, 7) is 10.2. The molecule has 0 radical (unpaired) electrons. The number of carbonyl (C=O) groups is 3. The number of hydrogen-bond acceptors (Lipinski definition) is 5. The van der Waals surface area contributed by atoms with Gasteiger partial charge in [0.25, 0.3) is 0 Å². The molecule has 2 saturated heterocycles. The van der Waals surface area contributed by atoms with Crippen molar-refractivity contribution < 1.29 is 19.1 Å². The van der Waals surface area contributed by atoms with E-state index in [9.17, 15) is 14.4 Å². The van der Waals surface area contributed by atoms with E-state index in [1.165, 1.54) is 0 Å². The number of rotatable bonds is 5. The molecule has 3 amide bonds. The van der Waals surface area contributed by atoms with Crippen molar-refractivity contribution in [3.05, 3.63) is 0 Å². The Kier molecular flexibility index (Phi) is 7.60. The van der Waals surface area contributed by atoms with Crippen LogP contribution in [0.3, 0.4) is 0 Å². The van der Waals surface area contributed by atoms with E-state index in [1.807, 2.05) is 20.8 Å². The molecule has 2 aliphatic heterocycles. The molecule has 0 bridgehead atoms. The summed E-state index contributed by atoms with van der Waals surface area (Å²) in [6.07, 6.45) is 5.84. The zero-order chi connectivity index (χ0) is 21.7. The number of ether oxygens (including phenoxy) is 1. The summed E-state index contributed by atoms with van der Waals surface area (Å²) in [5, 5.41) is 3.16. The van der Waals surface area contributed by atoms with Crippen LogP contribution in [0.5, 0.6) is 0 Å². The fourth-order valence-electron chi connectivity index (χ4n) is 4.66. The van der Waals surface area contributed by atoms with Crippen molar-refractivity contribution >= 4 is 17.9 Å². The molecule has 0 aromatic carbocycles. The average Bonchev–Trinajstić information content (AvgIpc) is 3.11. The van der Waals surface area contributed by atoms with E-state index in [1.54, 1.807) is 9.80 Å². The molecule has 170 valence electrons. The molecule has 1 N–H and O–H groups in total. The van der Waals surface area contributed by atoms with Crippen LogP contribution in [-0.2, 0) is 14.3 Å². The lowest BCUT2D eigenvalue weighted by molar-refractivity contribution is -0.128. The Balaban J connectivity index is 1.32. The first-order valence-electron chi connectivity index (χ1n) is 11.5. The second-order valence-electron chi connectivity index (χ2n) is 9.81. The van der Waals surface area contributed by atoms with Gasteiger partial charge in [-0.1, -0.05) is 0 Å². The molecule has 8 heteroatoms. The summed E-state index contributed by atoms with van der Waals surface area (Å²) < 4.78 is 5.47. The van der Waals surface area contributed by atoms with Gasteiger partial charge in [-0.2, -0.15) is 0 Å². The van der Waals surface area contributed by atoms with Crippen molar-refractivity contribution in [1.29, 1.82) is 0 Å². The highest BCUT2D eigenvalue weighted by Crippen LogP contribution is 2.25. The molecule has 2 heterocycles. The van der Waals surface area contributed by atoms with Gasteiger partial charge < -0.3 is 19.9 Å². The fraction of sp³-hybridized carbons (Fsp3) is 0.864. The van der Waals surface area contributed by atoms with E-state index in [0.717, 1.165) is 51.7 Å². The van der Waals surface area contributed by atoms with Crippen molar-refractivity contribution in [3.63, 3.8) is 0 Å². The molecule has 1 aliphatic carbocycles. The van der Waals surface area contributed by atoms with Gasteiger partial charge in [0.15, 0.2) is 0 Å². The molecule has 0 aromatic heterocycles. The summed E-state index contributed by atoms with van der Waals surface area (Å²) in [5.41, 5.74) is -0.457. The molecule has 0 atom stereocenters. The zero-order valence-corrected chi connectivity index (χ0v) is 18.8. The number of nitrogens with zero attached hydrogens (tertiary/aromatic N) is 3. The molecule has 0 unspecified atom stereocenters. The minimum absolute atomic E-state index is 0.0594. The summed E-state index contributed by atoms with van der Waals surface area (Å²) in [7, 11) is 0. The Bertz CT molecular complexity index is 617. The Hall–Kier alpha value is -1.83. The smallest absolute Gasteiger partial charge is 0.410 e. The van der Waals surface area contributed by atoms with Crippen molar-refractivity contribution in [1.82, 2.24) is 20.0 Å². The maximum atomic E-state index is 12.2. The molecule has 1 saturated carbocycles. The van der Waals surface area contributed by atoms with Crippen LogP contribution < -0.4 is 5.32 Å². The normalized spacial score (nSPS) is 26.0. The lowest BCUT2D eigenvalue weighted by Gasteiger charge is -2.42. The van der Waals surface area contributed by atoms with E-state index in [2.05, 4.69) is 10.2 Å². The van der Waals surface area contributed by atoms with Crippen LogP contribution in [0, 0.1) is 0 Å². The molecular weight excluding hydrogens is 384 g/mol. The SMILES string of the molecule is CC(C)(C)OC(=O)N1CCN(C2CCC(NC(=O)CCN3CCCC3=O)CC2)CC1. The average molecular weight is 423 g/mol.